The van der Waals surface area contributed by atoms with Gasteiger partial charge in [-0.3, -0.25) is 0 Å². The van der Waals surface area contributed by atoms with E-state index in [-0.39, 0.29) is 0 Å². The van der Waals surface area contributed by atoms with E-state index in [2.05, 4.69) is 42.0 Å². The fourth-order valence-corrected chi connectivity index (χ4v) is 2.79. The molecule has 1 aromatic rings. The van der Waals surface area contributed by atoms with Crippen molar-refractivity contribution in [1.29, 1.82) is 0 Å². The third-order valence-electron chi connectivity index (χ3n) is 3.96. The number of pyridine rings is 1. The van der Waals surface area contributed by atoms with Crippen LogP contribution in [0.4, 0.5) is 5.82 Å². The van der Waals surface area contributed by atoms with Crippen molar-refractivity contribution < 1.29 is 0 Å². The van der Waals surface area contributed by atoms with E-state index >= 15 is 0 Å². The lowest BCUT2D eigenvalue weighted by atomic mass is 10.1. The summed E-state index contributed by atoms with van der Waals surface area (Å²) in [5.74, 6) is 2.02. The quantitative estimate of drug-likeness (QED) is 0.867. The van der Waals surface area contributed by atoms with Gasteiger partial charge in [0.05, 0.1) is 0 Å². The van der Waals surface area contributed by atoms with Crippen molar-refractivity contribution in [1.82, 2.24) is 10.3 Å². The lowest BCUT2D eigenvalue weighted by molar-refractivity contribution is 0.567. The minimum atomic E-state index is 0.374. The number of anilines is 1. The average Bonchev–Trinajstić information content (AvgIpc) is 2.87. The van der Waals surface area contributed by atoms with Gasteiger partial charge in [0.15, 0.2) is 0 Å². The monoisotopic (exact) mass is 247 g/mol. The van der Waals surface area contributed by atoms with Gasteiger partial charge in [-0.25, -0.2) is 4.98 Å². The number of hydrogen-bond acceptors (Lipinski definition) is 3. The second kappa shape index (κ2) is 6.19. The second-order valence-electron chi connectivity index (χ2n) is 5.20. The summed E-state index contributed by atoms with van der Waals surface area (Å²) in [5, 5.41) is 3.48. The van der Waals surface area contributed by atoms with Crippen LogP contribution in [0.1, 0.15) is 45.2 Å². The summed E-state index contributed by atoms with van der Waals surface area (Å²) >= 11 is 0. The Morgan fingerprint density at radius 1 is 1.50 bits per heavy atom. The predicted molar refractivity (Wildman–Crippen MR) is 76.9 cm³/mol. The van der Waals surface area contributed by atoms with Crippen molar-refractivity contribution in [2.24, 2.45) is 5.92 Å². The number of aromatic nitrogens is 1. The van der Waals surface area contributed by atoms with Crippen molar-refractivity contribution in [3.05, 3.63) is 23.9 Å². The number of hydrogen-bond donors (Lipinski definition) is 1. The number of nitrogens with zero attached hydrogens (tertiary/aromatic N) is 2. The normalized spacial score (nSPS) is 21.3. The van der Waals surface area contributed by atoms with Crippen molar-refractivity contribution >= 4 is 5.82 Å². The molecule has 0 amide bonds. The van der Waals surface area contributed by atoms with E-state index in [1.807, 2.05) is 12.3 Å². The van der Waals surface area contributed by atoms with Gasteiger partial charge in [0.2, 0.25) is 0 Å². The molecule has 0 saturated carbocycles. The third kappa shape index (κ3) is 2.83. The fourth-order valence-electron chi connectivity index (χ4n) is 2.79. The molecule has 1 N–H and O–H groups in total. The highest BCUT2D eigenvalue weighted by molar-refractivity contribution is 5.49. The minimum absolute atomic E-state index is 0.374. The van der Waals surface area contributed by atoms with Gasteiger partial charge in [0.25, 0.3) is 0 Å². The van der Waals surface area contributed by atoms with Gasteiger partial charge in [-0.15, -0.1) is 0 Å². The molecule has 0 bridgehead atoms. The summed E-state index contributed by atoms with van der Waals surface area (Å²) in [6.45, 7) is 9.97. The van der Waals surface area contributed by atoms with Crippen molar-refractivity contribution in [2.45, 2.75) is 39.7 Å². The highest BCUT2D eigenvalue weighted by atomic mass is 15.2. The van der Waals surface area contributed by atoms with Crippen molar-refractivity contribution in [3.8, 4) is 0 Å². The summed E-state index contributed by atoms with van der Waals surface area (Å²) in [6, 6.07) is 4.62. The first-order chi connectivity index (χ1) is 8.76. The van der Waals surface area contributed by atoms with Gasteiger partial charge < -0.3 is 10.2 Å². The molecule has 18 heavy (non-hydrogen) atoms. The topological polar surface area (TPSA) is 28.2 Å². The molecule has 1 fully saturated rings. The van der Waals surface area contributed by atoms with E-state index in [1.54, 1.807) is 0 Å². The Bertz CT molecular complexity index is 378. The summed E-state index contributed by atoms with van der Waals surface area (Å²) in [5.41, 5.74) is 1.33. The lowest BCUT2D eigenvalue weighted by Gasteiger charge is -2.23. The summed E-state index contributed by atoms with van der Waals surface area (Å²) < 4.78 is 0. The fraction of sp³-hybridized carbons (Fsp3) is 0.667. The van der Waals surface area contributed by atoms with Gasteiger partial charge in [0.1, 0.15) is 5.82 Å². The molecule has 3 nitrogen and oxygen atoms in total. The Morgan fingerprint density at radius 2 is 2.33 bits per heavy atom. The average molecular weight is 247 g/mol. The van der Waals surface area contributed by atoms with Crippen LogP contribution in [0.15, 0.2) is 18.3 Å². The Hall–Kier alpha value is -1.09. The van der Waals surface area contributed by atoms with Crippen molar-refractivity contribution in [3.63, 3.8) is 0 Å². The standard InChI is InChI=1S/C15H25N3/c1-4-13-8-10-18(11-13)15-14(7-6-9-17-15)12(3)16-5-2/h6-7,9,12-13,16H,4-5,8,10-11H2,1-3H3. The molecule has 0 aliphatic carbocycles. The van der Waals surface area contributed by atoms with Crippen LogP contribution in [0.25, 0.3) is 0 Å². The number of nitrogens with one attached hydrogen (secondary N) is 1. The van der Waals surface area contributed by atoms with Gasteiger partial charge >= 0.3 is 0 Å². The second-order valence-corrected chi connectivity index (χ2v) is 5.20. The van der Waals surface area contributed by atoms with Crippen LogP contribution in [0.5, 0.6) is 0 Å². The molecule has 1 aliphatic rings. The highest BCUT2D eigenvalue weighted by Crippen LogP contribution is 2.29. The van der Waals surface area contributed by atoms with Crippen molar-refractivity contribution in [2.75, 3.05) is 24.5 Å². The van der Waals surface area contributed by atoms with Crippen LogP contribution in [0, 0.1) is 5.92 Å². The van der Waals surface area contributed by atoms with Crippen LogP contribution >= 0.6 is 0 Å². The Labute approximate surface area is 111 Å². The largest absolute Gasteiger partial charge is 0.356 e. The van der Waals surface area contributed by atoms with Gasteiger partial charge in [0, 0.05) is 30.9 Å². The van der Waals surface area contributed by atoms with Crippen LogP contribution in [-0.2, 0) is 0 Å². The molecular weight excluding hydrogens is 222 g/mol. The minimum Gasteiger partial charge on any atom is -0.356 e. The van der Waals surface area contributed by atoms with Gasteiger partial charge in [-0.1, -0.05) is 26.3 Å². The first-order valence-corrected chi connectivity index (χ1v) is 7.19. The molecule has 2 unspecified atom stereocenters. The Balaban J connectivity index is 2.17. The molecular formula is C15H25N3. The van der Waals surface area contributed by atoms with E-state index < -0.39 is 0 Å². The zero-order valence-electron chi connectivity index (χ0n) is 11.8. The van der Waals surface area contributed by atoms with Gasteiger partial charge in [-0.05, 0) is 31.9 Å². The Morgan fingerprint density at radius 3 is 3.00 bits per heavy atom. The summed E-state index contributed by atoms with van der Waals surface area (Å²) in [4.78, 5) is 7.07. The van der Waals surface area contributed by atoms with E-state index in [0.717, 1.165) is 19.0 Å². The molecule has 1 aromatic heterocycles. The van der Waals surface area contributed by atoms with Crippen LogP contribution < -0.4 is 10.2 Å². The lowest BCUT2D eigenvalue weighted by Crippen LogP contribution is -2.25. The smallest absolute Gasteiger partial charge is 0.133 e. The summed E-state index contributed by atoms with van der Waals surface area (Å²) in [7, 11) is 0. The molecule has 3 heteroatoms. The maximum atomic E-state index is 4.62. The molecule has 2 heterocycles. The zero-order valence-corrected chi connectivity index (χ0v) is 11.8. The molecule has 0 aromatic carbocycles. The summed E-state index contributed by atoms with van der Waals surface area (Å²) in [6.07, 6.45) is 4.50. The molecule has 1 saturated heterocycles. The third-order valence-corrected chi connectivity index (χ3v) is 3.96. The van der Waals surface area contributed by atoms with Crippen LogP contribution in [-0.4, -0.2) is 24.6 Å². The van der Waals surface area contributed by atoms with E-state index in [1.165, 1.54) is 30.8 Å². The van der Waals surface area contributed by atoms with E-state index in [9.17, 15) is 0 Å². The van der Waals surface area contributed by atoms with Crippen LogP contribution in [0.3, 0.4) is 0 Å². The first-order valence-electron chi connectivity index (χ1n) is 7.19. The van der Waals surface area contributed by atoms with E-state index in [0.29, 0.717) is 6.04 Å². The maximum Gasteiger partial charge on any atom is 0.133 e. The molecule has 100 valence electrons. The molecule has 2 rings (SSSR count). The Kier molecular flexibility index (Phi) is 4.59. The number of rotatable bonds is 5. The highest BCUT2D eigenvalue weighted by Gasteiger charge is 2.24. The van der Waals surface area contributed by atoms with Gasteiger partial charge in [-0.2, -0.15) is 0 Å². The van der Waals surface area contributed by atoms with E-state index in [4.69, 9.17) is 0 Å². The molecule has 0 spiro atoms. The predicted octanol–water partition coefficient (Wildman–Crippen LogP) is 2.99. The molecule has 0 radical (unpaired) electrons. The molecule has 1 aliphatic heterocycles. The molecule has 2 atom stereocenters. The SMILES string of the molecule is CCNC(C)c1cccnc1N1CCC(CC)C1. The first kappa shape index (κ1) is 13.3. The zero-order chi connectivity index (χ0) is 13.0. The van der Waals surface area contributed by atoms with Crippen LogP contribution in [0.2, 0.25) is 0 Å². The maximum absolute atomic E-state index is 4.62.